The van der Waals surface area contributed by atoms with Crippen LogP contribution in [-0.2, 0) is 9.53 Å². The van der Waals surface area contributed by atoms with E-state index < -0.39 is 0 Å². The van der Waals surface area contributed by atoms with Crippen molar-refractivity contribution in [3.05, 3.63) is 17.2 Å². The van der Waals surface area contributed by atoms with Crippen molar-refractivity contribution in [1.82, 2.24) is 0 Å². The van der Waals surface area contributed by atoms with E-state index in [1.807, 2.05) is 0 Å². The van der Waals surface area contributed by atoms with Crippen LogP contribution in [0.5, 0.6) is 11.5 Å². The molecular formula is C16H22ClNO4. The first-order valence-electron chi connectivity index (χ1n) is 7.43. The largest absolute Gasteiger partial charge is 0.495 e. The van der Waals surface area contributed by atoms with Gasteiger partial charge in [-0.1, -0.05) is 11.6 Å². The van der Waals surface area contributed by atoms with Crippen molar-refractivity contribution in [2.75, 3.05) is 32.8 Å². The average Bonchev–Trinajstić information content (AvgIpc) is 2.55. The molecule has 0 spiro atoms. The Kier molecular flexibility index (Phi) is 6.34. The third-order valence-corrected chi connectivity index (χ3v) is 4.16. The number of halogens is 1. The smallest absolute Gasteiger partial charge is 0.224 e. The summed E-state index contributed by atoms with van der Waals surface area (Å²) in [6.07, 6.45) is 3.43. The molecule has 0 aliphatic carbocycles. The fraction of sp³-hybridized carbons (Fsp3) is 0.562. The van der Waals surface area contributed by atoms with Gasteiger partial charge in [0.15, 0.2) is 0 Å². The topological polar surface area (TPSA) is 56.8 Å². The molecule has 5 nitrogen and oxygen atoms in total. The molecule has 22 heavy (non-hydrogen) atoms. The van der Waals surface area contributed by atoms with Gasteiger partial charge < -0.3 is 19.5 Å². The van der Waals surface area contributed by atoms with Crippen LogP contribution in [0.25, 0.3) is 0 Å². The molecule has 1 fully saturated rings. The maximum absolute atomic E-state index is 12.1. The number of benzene rings is 1. The quantitative estimate of drug-likeness (QED) is 0.868. The number of anilines is 1. The van der Waals surface area contributed by atoms with Gasteiger partial charge in [0.05, 0.1) is 24.9 Å². The monoisotopic (exact) mass is 327 g/mol. The molecule has 0 atom stereocenters. The second-order valence-electron chi connectivity index (χ2n) is 5.33. The third-order valence-electron chi connectivity index (χ3n) is 3.87. The van der Waals surface area contributed by atoms with E-state index >= 15 is 0 Å². The lowest BCUT2D eigenvalue weighted by atomic mass is 9.95. The predicted octanol–water partition coefficient (Wildman–Crippen LogP) is 3.50. The lowest BCUT2D eigenvalue weighted by Gasteiger charge is -2.21. The van der Waals surface area contributed by atoms with Gasteiger partial charge in [-0.2, -0.15) is 0 Å². The number of carbonyl (C=O) groups excluding carboxylic acids is 1. The summed E-state index contributed by atoms with van der Waals surface area (Å²) in [7, 11) is 3.07. The van der Waals surface area contributed by atoms with Crippen molar-refractivity contribution >= 4 is 23.2 Å². The van der Waals surface area contributed by atoms with Crippen LogP contribution in [0.2, 0.25) is 5.02 Å². The molecule has 1 N–H and O–H groups in total. The zero-order valence-corrected chi connectivity index (χ0v) is 13.7. The van der Waals surface area contributed by atoms with E-state index in [2.05, 4.69) is 5.32 Å². The molecule has 2 rings (SSSR count). The molecule has 1 saturated heterocycles. The van der Waals surface area contributed by atoms with Gasteiger partial charge in [-0.25, -0.2) is 0 Å². The van der Waals surface area contributed by atoms with Gasteiger partial charge in [-0.15, -0.1) is 0 Å². The summed E-state index contributed by atoms with van der Waals surface area (Å²) >= 11 is 6.05. The van der Waals surface area contributed by atoms with Crippen LogP contribution in [-0.4, -0.2) is 33.3 Å². The van der Waals surface area contributed by atoms with Gasteiger partial charge in [0.2, 0.25) is 5.91 Å². The minimum Gasteiger partial charge on any atom is -0.495 e. The molecule has 1 aromatic rings. The highest BCUT2D eigenvalue weighted by atomic mass is 35.5. The Balaban J connectivity index is 1.95. The highest BCUT2D eigenvalue weighted by molar-refractivity contribution is 6.32. The van der Waals surface area contributed by atoms with Crippen LogP contribution in [0.3, 0.4) is 0 Å². The van der Waals surface area contributed by atoms with Gasteiger partial charge in [0.1, 0.15) is 11.5 Å². The molecule has 0 radical (unpaired) electrons. The minimum atomic E-state index is -0.0332. The molecule has 6 heteroatoms. The van der Waals surface area contributed by atoms with Crippen molar-refractivity contribution in [3.63, 3.8) is 0 Å². The Morgan fingerprint density at radius 2 is 1.95 bits per heavy atom. The Morgan fingerprint density at radius 1 is 1.27 bits per heavy atom. The maximum atomic E-state index is 12.1. The second kappa shape index (κ2) is 8.25. The van der Waals surface area contributed by atoms with E-state index in [4.69, 9.17) is 25.8 Å². The van der Waals surface area contributed by atoms with Gasteiger partial charge in [0.25, 0.3) is 0 Å². The first-order valence-corrected chi connectivity index (χ1v) is 7.81. The molecule has 1 aliphatic heterocycles. The second-order valence-corrected chi connectivity index (χ2v) is 5.74. The molecule has 122 valence electrons. The predicted molar refractivity (Wildman–Crippen MR) is 86.0 cm³/mol. The molecule has 1 heterocycles. The van der Waals surface area contributed by atoms with Crippen molar-refractivity contribution in [2.24, 2.45) is 5.92 Å². The van der Waals surface area contributed by atoms with Crippen LogP contribution < -0.4 is 14.8 Å². The number of rotatable bonds is 6. The third kappa shape index (κ3) is 4.52. The van der Waals surface area contributed by atoms with Crippen molar-refractivity contribution < 1.29 is 19.0 Å². The fourth-order valence-electron chi connectivity index (χ4n) is 2.54. The summed E-state index contributed by atoms with van der Waals surface area (Å²) in [5.74, 6) is 1.56. The number of hydrogen-bond acceptors (Lipinski definition) is 4. The highest BCUT2D eigenvalue weighted by Crippen LogP contribution is 2.36. The normalized spacial score (nSPS) is 15.4. The van der Waals surface area contributed by atoms with Gasteiger partial charge in [-0.3, -0.25) is 4.79 Å². The van der Waals surface area contributed by atoms with Crippen molar-refractivity contribution in [3.8, 4) is 11.5 Å². The summed E-state index contributed by atoms with van der Waals surface area (Å²) in [6.45, 7) is 1.60. The molecule has 1 aromatic carbocycles. The molecule has 0 bridgehead atoms. The molecule has 0 unspecified atom stereocenters. The van der Waals surface area contributed by atoms with E-state index in [9.17, 15) is 4.79 Å². The molecule has 0 saturated carbocycles. The summed E-state index contributed by atoms with van der Waals surface area (Å²) in [6, 6.07) is 3.31. The van der Waals surface area contributed by atoms with Crippen molar-refractivity contribution in [2.45, 2.75) is 25.7 Å². The lowest BCUT2D eigenvalue weighted by Crippen LogP contribution is -2.19. The number of nitrogens with one attached hydrogen (secondary N) is 1. The molecule has 1 amide bonds. The first-order chi connectivity index (χ1) is 10.6. The number of ether oxygens (including phenoxy) is 3. The highest BCUT2D eigenvalue weighted by Gasteiger charge is 2.17. The van der Waals surface area contributed by atoms with Crippen LogP contribution in [0.4, 0.5) is 5.69 Å². The number of methoxy groups -OCH3 is 2. The number of carbonyl (C=O) groups is 1. The summed E-state index contributed by atoms with van der Waals surface area (Å²) < 4.78 is 15.7. The minimum absolute atomic E-state index is 0.0332. The first kappa shape index (κ1) is 16.9. The summed E-state index contributed by atoms with van der Waals surface area (Å²) in [5, 5.41) is 3.31. The molecule has 1 aliphatic rings. The Labute approximate surface area is 135 Å². The molecular weight excluding hydrogens is 306 g/mol. The van der Waals surface area contributed by atoms with E-state index in [1.165, 1.54) is 14.2 Å². The number of amides is 1. The SMILES string of the molecule is COc1cc(NC(=O)CCC2CCOCC2)c(OC)cc1Cl. The van der Waals surface area contributed by atoms with E-state index in [0.717, 1.165) is 32.5 Å². The fourth-order valence-corrected chi connectivity index (χ4v) is 2.77. The number of hydrogen-bond donors (Lipinski definition) is 1. The van der Waals surface area contributed by atoms with Crippen LogP contribution in [0.15, 0.2) is 12.1 Å². The zero-order valence-electron chi connectivity index (χ0n) is 13.0. The van der Waals surface area contributed by atoms with E-state index in [0.29, 0.717) is 34.5 Å². The molecule has 0 aromatic heterocycles. The van der Waals surface area contributed by atoms with Crippen LogP contribution >= 0.6 is 11.6 Å². The van der Waals surface area contributed by atoms with Crippen molar-refractivity contribution in [1.29, 1.82) is 0 Å². The van der Waals surface area contributed by atoms with Crippen LogP contribution in [0.1, 0.15) is 25.7 Å². The van der Waals surface area contributed by atoms with Gasteiger partial charge in [-0.05, 0) is 25.2 Å². The van der Waals surface area contributed by atoms with E-state index in [1.54, 1.807) is 12.1 Å². The maximum Gasteiger partial charge on any atom is 0.224 e. The average molecular weight is 328 g/mol. The van der Waals surface area contributed by atoms with Gasteiger partial charge >= 0.3 is 0 Å². The standard InChI is InChI=1S/C16H22ClNO4/c1-20-14-10-13(15(21-2)9-12(14)17)18-16(19)4-3-11-5-7-22-8-6-11/h9-11H,3-8H2,1-2H3,(H,18,19). The summed E-state index contributed by atoms with van der Waals surface area (Å²) in [4.78, 5) is 12.1. The van der Waals surface area contributed by atoms with E-state index in [-0.39, 0.29) is 5.91 Å². The van der Waals surface area contributed by atoms with Crippen LogP contribution in [0, 0.1) is 5.92 Å². The van der Waals surface area contributed by atoms with Gasteiger partial charge in [0, 0.05) is 31.8 Å². The summed E-state index contributed by atoms with van der Waals surface area (Å²) in [5.41, 5.74) is 0.570. The zero-order chi connectivity index (χ0) is 15.9. The lowest BCUT2D eigenvalue weighted by molar-refractivity contribution is -0.116. The Hall–Kier alpha value is -1.46. The Morgan fingerprint density at radius 3 is 2.59 bits per heavy atom. The Bertz CT molecular complexity index is 515.